The number of hydrogen-bond acceptors (Lipinski definition) is 5. The van der Waals surface area contributed by atoms with Crippen molar-refractivity contribution in [1.82, 2.24) is 9.97 Å². The molecule has 0 fully saturated rings. The van der Waals surface area contributed by atoms with Crippen LogP contribution in [0.2, 0.25) is 5.02 Å². The molecule has 1 aromatic heterocycles. The molecule has 0 amide bonds. The summed E-state index contributed by atoms with van der Waals surface area (Å²) < 4.78 is 0. The van der Waals surface area contributed by atoms with Gasteiger partial charge in [-0.2, -0.15) is 4.98 Å². The van der Waals surface area contributed by atoms with E-state index in [1.165, 1.54) is 12.8 Å². The molecule has 0 spiro atoms. The summed E-state index contributed by atoms with van der Waals surface area (Å²) >= 11 is 6.08. The first-order valence-electron chi connectivity index (χ1n) is 6.46. The van der Waals surface area contributed by atoms with Crippen LogP contribution < -0.4 is 16.6 Å². The Labute approximate surface area is 114 Å². The van der Waals surface area contributed by atoms with Gasteiger partial charge in [-0.1, -0.05) is 44.7 Å². The van der Waals surface area contributed by atoms with Gasteiger partial charge in [0.1, 0.15) is 5.02 Å². The number of nitrogen functional groups attached to an aromatic ring is 1. The van der Waals surface area contributed by atoms with E-state index in [0.29, 0.717) is 22.8 Å². The molecule has 0 saturated carbocycles. The fourth-order valence-electron chi connectivity index (χ4n) is 1.82. The van der Waals surface area contributed by atoms with Gasteiger partial charge in [0.05, 0.1) is 6.20 Å². The Bertz CT molecular complexity index is 358. The van der Waals surface area contributed by atoms with Crippen LogP contribution in [0.15, 0.2) is 6.20 Å². The Morgan fingerprint density at radius 3 is 2.72 bits per heavy atom. The summed E-state index contributed by atoms with van der Waals surface area (Å²) in [5.74, 6) is 6.31. The van der Waals surface area contributed by atoms with Gasteiger partial charge in [-0.15, -0.1) is 0 Å². The van der Waals surface area contributed by atoms with E-state index in [4.69, 9.17) is 17.4 Å². The Balaban J connectivity index is 2.72. The molecule has 6 heteroatoms. The lowest BCUT2D eigenvalue weighted by Gasteiger charge is -2.19. The van der Waals surface area contributed by atoms with E-state index in [2.05, 4.69) is 34.6 Å². The van der Waals surface area contributed by atoms with Crippen LogP contribution in [0.3, 0.4) is 0 Å². The zero-order valence-corrected chi connectivity index (χ0v) is 11.8. The third-order valence-electron chi connectivity index (χ3n) is 2.76. The molecule has 0 radical (unpaired) electrons. The number of halogens is 1. The molecule has 0 aromatic carbocycles. The second kappa shape index (κ2) is 8.11. The molecule has 0 saturated heterocycles. The Morgan fingerprint density at radius 1 is 1.33 bits per heavy atom. The number of hydrazine groups is 1. The van der Waals surface area contributed by atoms with Crippen molar-refractivity contribution in [3.63, 3.8) is 0 Å². The molecule has 0 aliphatic heterocycles. The summed E-state index contributed by atoms with van der Waals surface area (Å²) in [6, 6.07) is 0.396. The summed E-state index contributed by atoms with van der Waals surface area (Å²) in [7, 11) is 0. The minimum absolute atomic E-state index is 0.368. The lowest BCUT2D eigenvalue weighted by molar-refractivity contribution is 0.563. The molecule has 4 N–H and O–H groups in total. The Kier molecular flexibility index (Phi) is 6.75. The molecule has 1 rings (SSSR count). The number of nitrogens with zero attached hydrogens (tertiary/aromatic N) is 2. The SMILES string of the molecule is CCCCC(CCC)Nc1nc(NN)ncc1Cl. The predicted octanol–water partition coefficient (Wildman–Crippen LogP) is 3.19. The fourth-order valence-corrected chi connectivity index (χ4v) is 1.96. The lowest BCUT2D eigenvalue weighted by Crippen LogP contribution is -2.21. The highest BCUT2D eigenvalue weighted by Crippen LogP contribution is 2.22. The number of hydrogen-bond donors (Lipinski definition) is 3. The minimum Gasteiger partial charge on any atom is -0.366 e. The summed E-state index contributed by atoms with van der Waals surface area (Å²) in [6.07, 6.45) is 7.29. The molecule has 0 bridgehead atoms. The molecule has 18 heavy (non-hydrogen) atoms. The van der Waals surface area contributed by atoms with Crippen molar-refractivity contribution in [2.75, 3.05) is 10.7 Å². The molecular weight excluding hydrogens is 250 g/mol. The Hall–Kier alpha value is -1.07. The van der Waals surface area contributed by atoms with Crippen LogP contribution in [0.4, 0.5) is 11.8 Å². The number of aromatic nitrogens is 2. The average molecular weight is 272 g/mol. The second-order valence-corrected chi connectivity index (χ2v) is 4.71. The van der Waals surface area contributed by atoms with Gasteiger partial charge in [-0.25, -0.2) is 10.8 Å². The summed E-state index contributed by atoms with van der Waals surface area (Å²) in [6.45, 7) is 4.37. The van der Waals surface area contributed by atoms with Gasteiger partial charge >= 0.3 is 0 Å². The third kappa shape index (κ3) is 4.66. The van der Waals surface area contributed by atoms with E-state index in [1.54, 1.807) is 6.20 Å². The minimum atomic E-state index is 0.368. The van der Waals surface area contributed by atoms with Crippen molar-refractivity contribution in [3.05, 3.63) is 11.2 Å². The molecule has 102 valence electrons. The van der Waals surface area contributed by atoms with E-state index in [-0.39, 0.29) is 0 Å². The quantitative estimate of drug-likeness (QED) is 0.500. The van der Waals surface area contributed by atoms with Gasteiger partial charge in [0.15, 0.2) is 5.82 Å². The summed E-state index contributed by atoms with van der Waals surface area (Å²) in [4.78, 5) is 8.18. The average Bonchev–Trinajstić information content (AvgIpc) is 2.38. The van der Waals surface area contributed by atoms with Crippen molar-refractivity contribution in [1.29, 1.82) is 0 Å². The highest BCUT2D eigenvalue weighted by atomic mass is 35.5. The molecule has 1 heterocycles. The van der Waals surface area contributed by atoms with Gasteiger partial charge in [0.25, 0.3) is 0 Å². The molecule has 0 aliphatic rings. The van der Waals surface area contributed by atoms with Crippen LogP contribution >= 0.6 is 11.6 Å². The van der Waals surface area contributed by atoms with Crippen LogP contribution in [0.5, 0.6) is 0 Å². The maximum Gasteiger partial charge on any atom is 0.239 e. The van der Waals surface area contributed by atoms with E-state index in [9.17, 15) is 0 Å². The maximum absolute atomic E-state index is 6.08. The Morgan fingerprint density at radius 2 is 2.11 bits per heavy atom. The molecular formula is C12H22ClN5. The topological polar surface area (TPSA) is 75.9 Å². The van der Waals surface area contributed by atoms with Crippen LogP contribution in [0, 0.1) is 0 Å². The van der Waals surface area contributed by atoms with Crippen molar-refractivity contribution < 1.29 is 0 Å². The highest BCUT2D eigenvalue weighted by molar-refractivity contribution is 6.32. The second-order valence-electron chi connectivity index (χ2n) is 4.31. The van der Waals surface area contributed by atoms with Crippen LogP contribution in [0.1, 0.15) is 46.0 Å². The van der Waals surface area contributed by atoms with Gasteiger partial charge in [-0.3, -0.25) is 5.43 Å². The van der Waals surface area contributed by atoms with E-state index in [1.807, 2.05) is 0 Å². The molecule has 1 unspecified atom stereocenters. The number of nitrogens with one attached hydrogen (secondary N) is 2. The largest absolute Gasteiger partial charge is 0.366 e. The van der Waals surface area contributed by atoms with Crippen molar-refractivity contribution in [3.8, 4) is 0 Å². The zero-order valence-electron chi connectivity index (χ0n) is 11.0. The molecule has 0 aliphatic carbocycles. The number of anilines is 2. The van der Waals surface area contributed by atoms with Crippen LogP contribution in [-0.2, 0) is 0 Å². The highest BCUT2D eigenvalue weighted by Gasteiger charge is 2.11. The standard InChI is InChI=1S/C12H22ClN5/c1-3-5-7-9(6-4-2)16-11-10(13)8-15-12(17-11)18-14/h8-9H,3-7,14H2,1-2H3,(H2,15,16,17,18). The van der Waals surface area contributed by atoms with Gasteiger partial charge in [0, 0.05) is 6.04 Å². The van der Waals surface area contributed by atoms with Gasteiger partial charge < -0.3 is 5.32 Å². The third-order valence-corrected chi connectivity index (χ3v) is 3.03. The monoisotopic (exact) mass is 271 g/mol. The number of unbranched alkanes of at least 4 members (excludes halogenated alkanes) is 1. The summed E-state index contributed by atoms with van der Waals surface area (Å²) in [5, 5.41) is 3.90. The van der Waals surface area contributed by atoms with E-state index < -0.39 is 0 Å². The van der Waals surface area contributed by atoms with Crippen molar-refractivity contribution in [2.45, 2.75) is 52.0 Å². The maximum atomic E-state index is 6.08. The first-order valence-corrected chi connectivity index (χ1v) is 6.84. The van der Waals surface area contributed by atoms with Crippen LogP contribution in [-0.4, -0.2) is 16.0 Å². The molecule has 1 aromatic rings. The number of nitrogens with two attached hydrogens (primary N) is 1. The lowest BCUT2D eigenvalue weighted by atomic mass is 10.1. The van der Waals surface area contributed by atoms with E-state index >= 15 is 0 Å². The summed E-state index contributed by atoms with van der Waals surface area (Å²) in [5.41, 5.74) is 2.42. The van der Waals surface area contributed by atoms with Crippen molar-refractivity contribution >= 4 is 23.4 Å². The fraction of sp³-hybridized carbons (Fsp3) is 0.667. The van der Waals surface area contributed by atoms with Crippen LogP contribution in [0.25, 0.3) is 0 Å². The van der Waals surface area contributed by atoms with E-state index in [0.717, 1.165) is 19.3 Å². The van der Waals surface area contributed by atoms with Gasteiger partial charge in [0.2, 0.25) is 5.95 Å². The first-order chi connectivity index (χ1) is 8.71. The molecule has 5 nitrogen and oxygen atoms in total. The predicted molar refractivity (Wildman–Crippen MR) is 76.7 cm³/mol. The zero-order chi connectivity index (χ0) is 13.4. The normalized spacial score (nSPS) is 12.2. The smallest absolute Gasteiger partial charge is 0.239 e. The first kappa shape index (κ1) is 15.0. The number of rotatable bonds is 8. The van der Waals surface area contributed by atoms with Gasteiger partial charge in [-0.05, 0) is 12.8 Å². The van der Waals surface area contributed by atoms with Crippen molar-refractivity contribution in [2.24, 2.45) is 5.84 Å². The molecule has 1 atom stereocenters.